The van der Waals surface area contributed by atoms with Gasteiger partial charge in [-0.3, -0.25) is 0 Å². The van der Waals surface area contributed by atoms with Crippen molar-refractivity contribution in [1.29, 1.82) is 0 Å². The number of aromatic nitrogens is 3. The quantitative estimate of drug-likeness (QED) is 0.555. The molecule has 0 amide bonds. The minimum Gasteiger partial charge on any atom is -0.402 e. The van der Waals surface area contributed by atoms with Gasteiger partial charge < -0.3 is 14.8 Å². The summed E-state index contributed by atoms with van der Waals surface area (Å²) in [7, 11) is 0. The van der Waals surface area contributed by atoms with Crippen molar-refractivity contribution < 1.29 is 22.7 Å². The Morgan fingerprint density at radius 3 is 2.66 bits per heavy atom. The normalized spacial score (nSPS) is 14.5. The zero-order chi connectivity index (χ0) is 20.6. The Labute approximate surface area is 165 Å². The SMILES string of the molecule is Cc1cc(-c2nnc(NCCCCO)o2)nc2c(C(F)(F)F)cc(C3CC3)cc12. The molecule has 0 bridgehead atoms. The maximum absolute atomic E-state index is 13.7. The molecule has 1 fully saturated rings. The van der Waals surface area contributed by atoms with E-state index in [0.29, 0.717) is 23.9 Å². The van der Waals surface area contributed by atoms with E-state index in [0.717, 1.165) is 24.8 Å². The molecule has 2 heterocycles. The number of nitrogens with zero attached hydrogens (tertiary/aromatic N) is 3. The van der Waals surface area contributed by atoms with Crippen LogP contribution < -0.4 is 5.32 Å². The molecular weight excluding hydrogens is 385 g/mol. The summed E-state index contributed by atoms with van der Waals surface area (Å²) in [5.41, 5.74) is 0.759. The monoisotopic (exact) mass is 406 g/mol. The fraction of sp³-hybridized carbons (Fsp3) is 0.450. The molecule has 0 saturated heterocycles. The molecule has 2 N–H and O–H groups in total. The van der Waals surface area contributed by atoms with Crippen LogP contribution in [0, 0.1) is 6.92 Å². The van der Waals surface area contributed by atoms with Crippen LogP contribution in [0.3, 0.4) is 0 Å². The zero-order valence-electron chi connectivity index (χ0n) is 15.9. The molecule has 0 atom stereocenters. The third-order valence-corrected chi connectivity index (χ3v) is 5.00. The number of benzene rings is 1. The summed E-state index contributed by atoms with van der Waals surface area (Å²) in [4.78, 5) is 4.24. The first kappa shape index (κ1) is 19.6. The number of nitrogens with one attached hydrogen (secondary N) is 1. The van der Waals surface area contributed by atoms with Crippen LogP contribution in [0.15, 0.2) is 22.6 Å². The predicted molar refractivity (Wildman–Crippen MR) is 102 cm³/mol. The number of hydrogen-bond acceptors (Lipinski definition) is 6. The van der Waals surface area contributed by atoms with E-state index in [1.54, 1.807) is 13.0 Å². The Bertz CT molecular complexity index is 1030. The van der Waals surface area contributed by atoms with Gasteiger partial charge >= 0.3 is 12.2 Å². The summed E-state index contributed by atoms with van der Waals surface area (Å²) < 4.78 is 46.7. The van der Waals surface area contributed by atoms with Crippen molar-refractivity contribution in [2.45, 2.75) is 44.7 Å². The van der Waals surface area contributed by atoms with Crippen molar-refractivity contribution in [3.05, 3.63) is 34.9 Å². The van der Waals surface area contributed by atoms with Gasteiger partial charge in [-0.05, 0) is 67.9 Å². The van der Waals surface area contributed by atoms with Gasteiger partial charge in [-0.25, -0.2) is 4.98 Å². The maximum atomic E-state index is 13.7. The number of unbranched alkanes of at least 4 members (excludes halogenated alkanes) is 1. The molecule has 1 aromatic carbocycles. The van der Waals surface area contributed by atoms with E-state index in [1.165, 1.54) is 6.07 Å². The van der Waals surface area contributed by atoms with Crippen LogP contribution >= 0.6 is 0 Å². The van der Waals surface area contributed by atoms with Crippen molar-refractivity contribution in [2.75, 3.05) is 18.5 Å². The van der Waals surface area contributed by atoms with Crippen molar-refractivity contribution in [1.82, 2.24) is 15.2 Å². The summed E-state index contributed by atoms with van der Waals surface area (Å²) in [5.74, 6) is 0.258. The number of aliphatic hydroxyl groups excluding tert-OH is 1. The van der Waals surface area contributed by atoms with E-state index in [2.05, 4.69) is 20.5 Å². The molecule has 4 rings (SSSR count). The van der Waals surface area contributed by atoms with Gasteiger partial charge in [0.2, 0.25) is 0 Å². The van der Waals surface area contributed by atoms with Gasteiger partial charge in [-0.15, -0.1) is 5.10 Å². The lowest BCUT2D eigenvalue weighted by atomic mass is 9.98. The first-order valence-electron chi connectivity index (χ1n) is 9.58. The highest BCUT2D eigenvalue weighted by Crippen LogP contribution is 2.45. The third-order valence-electron chi connectivity index (χ3n) is 5.00. The Morgan fingerprint density at radius 2 is 1.97 bits per heavy atom. The average molecular weight is 406 g/mol. The predicted octanol–water partition coefficient (Wildman–Crippen LogP) is 4.67. The minimum atomic E-state index is -4.50. The van der Waals surface area contributed by atoms with Gasteiger partial charge in [0, 0.05) is 18.5 Å². The van der Waals surface area contributed by atoms with E-state index in [-0.39, 0.29) is 35.6 Å². The molecule has 154 valence electrons. The second-order valence-corrected chi connectivity index (χ2v) is 7.33. The van der Waals surface area contributed by atoms with Crippen LogP contribution in [0.1, 0.15) is 48.3 Å². The van der Waals surface area contributed by atoms with Crippen molar-refractivity contribution >= 4 is 16.9 Å². The molecule has 3 aromatic rings. The highest BCUT2D eigenvalue weighted by atomic mass is 19.4. The van der Waals surface area contributed by atoms with Crippen LogP contribution in [0.25, 0.3) is 22.5 Å². The number of hydrogen-bond donors (Lipinski definition) is 2. The first-order chi connectivity index (χ1) is 13.9. The Morgan fingerprint density at radius 1 is 1.17 bits per heavy atom. The summed E-state index contributed by atoms with van der Waals surface area (Å²) in [5, 5.41) is 20.0. The van der Waals surface area contributed by atoms with Crippen molar-refractivity contribution in [2.24, 2.45) is 0 Å². The zero-order valence-corrected chi connectivity index (χ0v) is 15.9. The lowest BCUT2D eigenvalue weighted by molar-refractivity contribution is -0.136. The minimum absolute atomic E-state index is 0.0547. The standard InChI is InChI=1S/C20H21F3N4O2/c1-11-8-16(18-26-27-19(29-18)24-6-2-3-7-28)25-17-14(11)9-13(12-4-5-12)10-15(17)20(21,22)23/h8-10,12,28H,2-7H2,1H3,(H,24,27). The second kappa shape index (κ2) is 7.62. The van der Waals surface area contributed by atoms with Crippen LogP contribution in [0.5, 0.6) is 0 Å². The Balaban J connectivity index is 1.71. The van der Waals surface area contributed by atoms with Crippen LogP contribution in [-0.4, -0.2) is 33.4 Å². The number of anilines is 1. The molecule has 0 spiro atoms. The summed E-state index contributed by atoms with van der Waals surface area (Å²) in [6.45, 7) is 2.39. The molecular formula is C20H21F3N4O2. The molecule has 0 unspecified atom stereocenters. The van der Waals surface area contributed by atoms with Gasteiger partial charge in [0.1, 0.15) is 5.69 Å². The van der Waals surface area contributed by atoms with Crippen LogP contribution in [-0.2, 0) is 6.18 Å². The molecule has 1 aliphatic carbocycles. The number of rotatable bonds is 7. The molecule has 0 aliphatic heterocycles. The molecule has 1 saturated carbocycles. The fourth-order valence-electron chi connectivity index (χ4n) is 3.32. The van der Waals surface area contributed by atoms with Gasteiger partial charge in [0.25, 0.3) is 5.89 Å². The lowest BCUT2D eigenvalue weighted by Crippen LogP contribution is -2.08. The number of fused-ring (bicyclic) bond motifs is 1. The van der Waals surface area contributed by atoms with Crippen molar-refractivity contribution in [3.8, 4) is 11.6 Å². The Hall–Kier alpha value is -2.68. The third kappa shape index (κ3) is 4.19. The smallest absolute Gasteiger partial charge is 0.402 e. The van der Waals surface area contributed by atoms with Gasteiger partial charge in [-0.2, -0.15) is 13.2 Å². The number of aliphatic hydroxyl groups is 1. The number of halogens is 3. The topological polar surface area (TPSA) is 84.1 Å². The van der Waals surface area contributed by atoms with Crippen LogP contribution in [0.2, 0.25) is 0 Å². The highest BCUT2D eigenvalue weighted by Gasteiger charge is 2.36. The largest absolute Gasteiger partial charge is 0.418 e. The fourth-order valence-corrected chi connectivity index (χ4v) is 3.32. The molecule has 9 heteroatoms. The van der Waals surface area contributed by atoms with E-state index < -0.39 is 11.7 Å². The summed E-state index contributed by atoms with van der Waals surface area (Å²) >= 11 is 0. The van der Waals surface area contributed by atoms with E-state index >= 15 is 0 Å². The number of pyridine rings is 1. The second-order valence-electron chi connectivity index (χ2n) is 7.33. The van der Waals surface area contributed by atoms with E-state index in [4.69, 9.17) is 9.52 Å². The molecule has 1 aliphatic rings. The van der Waals surface area contributed by atoms with Gasteiger partial charge in [-0.1, -0.05) is 5.10 Å². The Kier molecular flexibility index (Phi) is 5.16. The number of alkyl halides is 3. The van der Waals surface area contributed by atoms with Gasteiger partial charge in [0.15, 0.2) is 0 Å². The lowest BCUT2D eigenvalue weighted by Gasteiger charge is -2.14. The highest BCUT2D eigenvalue weighted by molar-refractivity contribution is 5.88. The van der Waals surface area contributed by atoms with Crippen LogP contribution in [0.4, 0.5) is 19.2 Å². The van der Waals surface area contributed by atoms with Crippen molar-refractivity contribution in [3.63, 3.8) is 0 Å². The van der Waals surface area contributed by atoms with E-state index in [1.807, 2.05) is 6.07 Å². The number of aryl methyl sites for hydroxylation is 1. The summed E-state index contributed by atoms with van der Waals surface area (Å²) in [6, 6.07) is 4.87. The van der Waals surface area contributed by atoms with E-state index in [9.17, 15) is 13.2 Å². The molecule has 0 radical (unpaired) electrons. The maximum Gasteiger partial charge on any atom is 0.418 e. The summed E-state index contributed by atoms with van der Waals surface area (Å²) in [6.07, 6.45) is -1.30. The first-order valence-corrected chi connectivity index (χ1v) is 9.58. The average Bonchev–Trinajstić information content (AvgIpc) is 3.42. The van der Waals surface area contributed by atoms with Gasteiger partial charge in [0.05, 0.1) is 11.1 Å². The molecule has 29 heavy (non-hydrogen) atoms. The molecule has 2 aromatic heterocycles. The molecule has 6 nitrogen and oxygen atoms in total.